The molecule has 69 heavy (non-hydrogen) atoms. The molecular weight excluding hydrogens is 863 g/mol. The van der Waals surface area contributed by atoms with E-state index in [2.05, 4.69) is 94.6 Å². The number of benzene rings is 5. The highest BCUT2D eigenvalue weighted by atomic mass is 16.5. The van der Waals surface area contributed by atoms with Crippen LogP contribution in [0.1, 0.15) is 86.1 Å². The lowest BCUT2D eigenvalue weighted by atomic mass is 9.96. The molecule has 0 spiro atoms. The topological polar surface area (TPSA) is 132 Å². The van der Waals surface area contributed by atoms with E-state index in [9.17, 15) is 14.4 Å². The third-order valence-corrected chi connectivity index (χ3v) is 13.8. The number of aromatic amines is 1. The number of nitrogens with one attached hydrogen (secondary N) is 2. The number of imidazole rings is 1. The number of hydrogen-bond donors (Lipinski definition) is 2. The van der Waals surface area contributed by atoms with Gasteiger partial charge in [-0.15, -0.1) is 0 Å². The van der Waals surface area contributed by atoms with Crippen molar-refractivity contribution in [3.8, 4) is 28.1 Å². The Hall–Kier alpha value is -7.31. The van der Waals surface area contributed by atoms with Gasteiger partial charge in [0.15, 0.2) is 0 Å². The van der Waals surface area contributed by atoms with Gasteiger partial charge in [0.25, 0.3) is 0 Å². The lowest BCUT2D eigenvalue weighted by Gasteiger charge is -2.35. The van der Waals surface area contributed by atoms with E-state index in [0.717, 1.165) is 113 Å². The molecular formula is C57H61N7O5. The summed E-state index contributed by atoms with van der Waals surface area (Å²) in [5.41, 5.74) is 10.4. The SMILES string of the molecule is CCN(CC)[C@@H](C(=O)N1CCC[C@H]1C1=NC=C(c2ccc(-c3ccc(-c4cnc([C@@H]5CCCN5C(=O)[C@H](Cc5ccc(OCc6ccccc6)cc5)NC(=O)OC)[nH]4)cc3)cc2)C1)c1ccccc1. The van der Waals surface area contributed by atoms with Crippen LogP contribution in [0.25, 0.3) is 28.0 Å². The molecule has 2 N–H and O–H groups in total. The van der Waals surface area contributed by atoms with E-state index < -0.39 is 12.1 Å². The van der Waals surface area contributed by atoms with Gasteiger partial charge < -0.3 is 29.6 Å². The predicted octanol–water partition coefficient (Wildman–Crippen LogP) is 10.2. The van der Waals surface area contributed by atoms with E-state index in [0.29, 0.717) is 19.0 Å². The van der Waals surface area contributed by atoms with Gasteiger partial charge in [0.05, 0.1) is 31.1 Å². The fourth-order valence-corrected chi connectivity index (χ4v) is 10.1. The van der Waals surface area contributed by atoms with Crippen molar-refractivity contribution < 1.29 is 23.9 Å². The average molecular weight is 924 g/mol. The Kier molecular flexibility index (Phi) is 14.8. The number of likely N-dealkylation sites (N-methyl/N-ethyl adjacent to an activating group) is 1. The zero-order valence-electron chi connectivity index (χ0n) is 39.7. The van der Waals surface area contributed by atoms with E-state index in [-0.39, 0.29) is 36.4 Å². The second kappa shape index (κ2) is 21.8. The van der Waals surface area contributed by atoms with Crippen LogP contribution in [0, 0.1) is 0 Å². The van der Waals surface area contributed by atoms with Crippen molar-refractivity contribution in [1.82, 2.24) is 30.0 Å². The molecule has 4 atom stereocenters. The summed E-state index contributed by atoms with van der Waals surface area (Å²) in [6.45, 7) is 7.60. The van der Waals surface area contributed by atoms with E-state index in [1.165, 1.54) is 7.11 Å². The Morgan fingerprint density at radius 2 is 1.33 bits per heavy atom. The molecule has 0 unspecified atom stereocenters. The maximum Gasteiger partial charge on any atom is 0.407 e. The fourth-order valence-electron chi connectivity index (χ4n) is 10.1. The molecule has 9 rings (SSSR count). The Morgan fingerprint density at radius 1 is 0.725 bits per heavy atom. The van der Waals surface area contributed by atoms with Crippen LogP contribution in [0.2, 0.25) is 0 Å². The van der Waals surface area contributed by atoms with Gasteiger partial charge in [0.1, 0.15) is 30.3 Å². The quantitative estimate of drug-likeness (QED) is 0.0931. The van der Waals surface area contributed by atoms with Crippen molar-refractivity contribution in [3.05, 3.63) is 174 Å². The smallest absolute Gasteiger partial charge is 0.407 e. The van der Waals surface area contributed by atoms with Crippen LogP contribution in [-0.2, 0) is 27.4 Å². The zero-order chi connectivity index (χ0) is 47.7. The second-order valence-corrected chi connectivity index (χ2v) is 18.0. The molecule has 354 valence electrons. The summed E-state index contributed by atoms with van der Waals surface area (Å²) < 4.78 is 10.9. The molecule has 0 aliphatic carbocycles. The number of carbonyl (C=O) groups is 3. The lowest BCUT2D eigenvalue weighted by Crippen LogP contribution is -2.49. The molecule has 0 radical (unpaired) electrons. The van der Waals surface area contributed by atoms with Crippen LogP contribution in [0.3, 0.4) is 0 Å². The van der Waals surface area contributed by atoms with Crippen molar-refractivity contribution in [3.63, 3.8) is 0 Å². The van der Waals surface area contributed by atoms with Crippen LogP contribution >= 0.6 is 0 Å². The maximum absolute atomic E-state index is 14.3. The molecule has 2 saturated heterocycles. The molecule has 12 nitrogen and oxygen atoms in total. The number of alkyl carbamates (subject to hydrolysis) is 1. The molecule has 1 aromatic heterocycles. The highest BCUT2D eigenvalue weighted by molar-refractivity contribution is 6.03. The molecule has 0 saturated carbocycles. The molecule has 6 aromatic rings. The minimum Gasteiger partial charge on any atom is -0.489 e. The van der Waals surface area contributed by atoms with Gasteiger partial charge in [-0.2, -0.15) is 0 Å². The summed E-state index contributed by atoms with van der Waals surface area (Å²) >= 11 is 0. The van der Waals surface area contributed by atoms with Crippen LogP contribution in [0.4, 0.5) is 4.79 Å². The lowest BCUT2D eigenvalue weighted by molar-refractivity contribution is -0.137. The van der Waals surface area contributed by atoms with Gasteiger partial charge >= 0.3 is 6.09 Å². The molecule has 12 heteroatoms. The third-order valence-electron chi connectivity index (χ3n) is 13.8. The maximum atomic E-state index is 14.3. The van der Waals surface area contributed by atoms with Gasteiger partial charge in [0, 0.05) is 37.8 Å². The summed E-state index contributed by atoms with van der Waals surface area (Å²) in [7, 11) is 1.30. The van der Waals surface area contributed by atoms with Gasteiger partial charge in [-0.3, -0.25) is 19.5 Å². The summed E-state index contributed by atoms with van der Waals surface area (Å²) in [6, 6.07) is 43.4. The number of nitrogens with zero attached hydrogens (tertiary/aromatic N) is 5. The molecule has 4 heterocycles. The molecule has 0 bridgehead atoms. The van der Waals surface area contributed by atoms with Crippen molar-refractivity contribution in [2.24, 2.45) is 4.99 Å². The summed E-state index contributed by atoms with van der Waals surface area (Å²) in [5.74, 6) is 1.41. The standard InChI is InChI=1S/C57H61N7O5/c1-4-62(5-2)53(45-16-10-7-11-17-45)56(66)63-32-12-18-51(63)48-35-46(36-58-48)43-24-22-41(23-25-43)42-26-28-44(29-27-42)50-37-59-54(60-50)52-19-13-33-64(52)55(65)49(61-57(67)68-3)34-39-20-30-47(31-21-39)69-38-40-14-8-6-9-15-40/h6-11,14-17,20-31,36-37,49,51-53H,4-5,12-13,18-19,32-35,38H2,1-3H3,(H,59,60)(H,61,67)/t49-,51-,52-,53+/m0/s1. The molecule has 2 fully saturated rings. The first-order valence-electron chi connectivity index (χ1n) is 24.3. The first-order valence-corrected chi connectivity index (χ1v) is 24.3. The van der Waals surface area contributed by atoms with Crippen LogP contribution in [-0.4, -0.2) is 93.7 Å². The molecule has 3 aliphatic rings. The van der Waals surface area contributed by atoms with Crippen LogP contribution in [0.15, 0.2) is 151 Å². The van der Waals surface area contributed by atoms with E-state index in [1.54, 1.807) is 0 Å². The number of methoxy groups -OCH3 is 1. The first-order chi connectivity index (χ1) is 33.8. The highest BCUT2D eigenvalue weighted by Crippen LogP contribution is 2.36. The largest absolute Gasteiger partial charge is 0.489 e. The zero-order valence-corrected chi connectivity index (χ0v) is 39.7. The van der Waals surface area contributed by atoms with E-state index >= 15 is 0 Å². The van der Waals surface area contributed by atoms with Crippen molar-refractivity contribution >= 4 is 29.2 Å². The molecule has 3 amide bonds. The molecule has 5 aromatic carbocycles. The number of aliphatic imine (C=N–C) groups is 1. The first kappa shape index (κ1) is 46.8. The van der Waals surface area contributed by atoms with Gasteiger partial charge in [-0.25, -0.2) is 9.78 Å². The number of rotatable bonds is 17. The fraction of sp³-hybridized carbons (Fsp3) is 0.316. The number of likely N-dealkylation sites (tertiary alicyclic amines) is 2. The van der Waals surface area contributed by atoms with Crippen LogP contribution in [0.5, 0.6) is 5.75 Å². The van der Waals surface area contributed by atoms with E-state index in [4.69, 9.17) is 19.5 Å². The summed E-state index contributed by atoms with van der Waals surface area (Å²) in [4.78, 5) is 60.4. The van der Waals surface area contributed by atoms with Crippen molar-refractivity contribution in [2.45, 2.75) is 83.1 Å². The molecule has 3 aliphatic heterocycles. The van der Waals surface area contributed by atoms with Crippen molar-refractivity contribution in [2.75, 3.05) is 33.3 Å². The Bertz CT molecular complexity index is 2750. The number of aromatic nitrogens is 2. The number of H-pyrrole nitrogens is 1. The van der Waals surface area contributed by atoms with Gasteiger partial charge in [0.2, 0.25) is 11.8 Å². The Labute approximate surface area is 405 Å². The Balaban J connectivity index is 0.812. The monoisotopic (exact) mass is 923 g/mol. The van der Waals surface area contributed by atoms with Crippen molar-refractivity contribution in [1.29, 1.82) is 0 Å². The number of allylic oxidation sites excluding steroid dienone is 1. The summed E-state index contributed by atoms with van der Waals surface area (Å²) in [5, 5.41) is 2.79. The minimum absolute atomic E-state index is 0.00532. The van der Waals surface area contributed by atoms with Gasteiger partial charge in [-0.1, -0.05) is 135 Å². The number of amides is 3. The highest BCUT2D eigenvalue weighted by Gasteiger charge is 2.39. The van der Waals surface area contributed by atoms with Gasteiger partial charge in [-0.05, 0) is 95.4 Å². The van der Waals surface area contributed by atoms with Crippen LogP contribution < -0.4 is 10.1 Å². The number of hydrogen-bond acceptors (Lipinski definition) is 8. The number of carbonyl (C=O) groups excluding carboxylic acids is 3. The predicted molar refractivity (Wildman–Crippen MR) is 270 cm³/mol. The summed E-state index contributed by atoms with van der Waals surface area (Å²) in [6.07, 6.45) is 7.64. The average Bonchev–Trinajstić information content (AvgIpc) is 4.26. The normalized spacial score (nSPS) is 17.6. The van der Waals surface area contributed by atoms with E-state index in [1.807, 2.05) is 90.1 Å². The minimum atomic E-state index is -0.831. The third kappa shape index (κ3) is 10.7. The Morgan fingerprint density at radius 3 is 1.99 bits per heavy atom. The second-order valence-electron chi connectivity index (χ2n) is 18.0. The number of ether oxygens (including phenoxy) is 2.